The van der Waals surface area contributed by atoms with Crippen LogP contribution >= 0.6 is 12.4 Å². The molecule has 0 radical (unpaired) electrons. The highest BCUT2D eigenvalue weighted by Crippen LogP contribution is 2.40. The predicted octanol–water partition coefficient (Wildman–Crippen LogP) is 6.69. The van der Waals surface area contributed by atoms with Crippen LogP contribution < -0.4 is 4.74 Å². The molecule has 0 aliphatic carbocycles. The number of benzene rings is 2. The first kappa shape index (κ1) is 26.3. The number of ether oxygens (including phenoxy) is 1. The molecule has 186 valence electrons. The van der Waals surface area contributed by atoms with Crippen LogP contribution in [0.1, 0.15) is 35.2 Å². The summed E-state index contributed by atoms with van der Waals surface area (Å²) in [5.41, 5.74) is -1.16. The van der Waals surface area contributed by atoms with E-state index in [1.165, 1.54) is 18.0 Å². The smallest absolute Gasteiger partial charge is 0.416 e. The van der Waals surface area contributed by atoms with Crippen LogP contribution in [0.2, 0.25) is 0 Å². The van der Waals surface area contributed by atoms with Gasteiger partial charge in [0.15, 0.2) is 6.61 Å². The van der Waals surface area contributed by atoms with Crippen molar-refractivity contribution < 1.29 is 35.9 Å². The molecule has 1 amide bonds. The van der Waals surface area contributed by atoms with Gasteiger partial charge in [0.05, 0.1) is 23.7 Å². The maximum Gasteiger partial charge on any atom is 0.416 e. The van der Waals surface area contributed by atoms with E-state index in [2.05, 4.69) is 4.98 Å². The second kappa shape index (κ2) is 9.77. The number of halogens is 7. The Bertz CT molecular complexity index is 1180. The van der Waals surface area contributed by atoms with Crippen LogP contribution in [0.25, 0.3) is 11.1 Å². The number of hydrogen-bond acceptors (Lipinski definition) is 3. The Kier molecular flexibility index (Phi) is 7.35. The summed E-state index contributed by atoms with van der Waals surface area (Å²) in [5, 5.41) is 0. The molecule has 0 fully saturated rings. The normalized spacial score (nSPS) is 14.9. The minimum atomic E-state index is -4.99. The fourth-order valence-electron chi connectivity index (χ4n) is 3.86. The van der Waals surface area contributed by atoms with Gasteiger partial charge in [-0.15, -0.1) is 12.4 Å². The molecule has 1 aliphatic heterocycles. The van der Waals surface area contributed by atoms with Gasteiger partial charge in [0.2, 0.25) is 5.88 Å². The molecule has 2 aromatic carbocycles. The lowest BCUT2D eigenvalue weighted by atomic mass is 9.97. The summed E-state index contributed by atoms with van der Waals surface area (Å²) in [7, 11) is 0. The molecule has 1 aliphatic rings. The van der Waals surface area contributed by atoms with E-state index < -0.39 is 42.0 Å². The standard InChI is InChI=1S/C24H18F6N2O2.ClH/c1-14(16-9-17(23(25,26)27)11-18(10-16)24(28,29)30)32-12-20-19(15-5-3-2-4-6-15)7-8-31-22(20)34-13-21(32)33;/h2-11,14H,12-13H2,1H3;1H. The van der Waals surface area contributed by atoms with Crippen molar-refractivity contribution in [2.75, 3.05) is 6.61 Å². The number of carbonyl (C=O) groups excluding carboxylic acids is 1. The maximum absolute atomic E-state index is 13.3. The van der Waals surface area contributed by atoms with E-state index in [0.29, 0.717) is 23.3 Å². The molecule has 4 nitrogen and oxygen atoms in total. The fraction of sp³-hybridized carbons (Fsp3) is 0.250. The van der Waals surface area contributed by atoms with E-state index in [9.17, 15) is 31.1 Å². The van der Waals surface area contributed by atoms with Crippen LogP contribution in [-0.2, 0) is 23.7 Å². The van der Waals surface area contributed by atoms with Crippen LogP contribution in [0.15, 0.2) is 60.8 Å². The summed E-state index contributed by atoms with van der Waals surface area (Å²) < 4.78 is 85.6. The van der Waals surface area contributed by atoms with Crippen molar-refractivity contribution in [3.63, 3.8) is 0 Å². The zero-order valence-corrected chi connectivity index (χ0v) is 19.0. The average Bonchev–Trinajstić information content (AvgIpc) is 2.96. The summed E-state index contributed by atoms with van der Waals surface area (Å²) in [5.74, 6) is -0.403. The number of rotatable bonds is 3. The van der Waals surface area contributed by atoms with Crippen molar-refractivity contribution in [3.05, 3.63) is 83.0 Å². The van der Waals surface area contributed by atoms with Crippen molar-refractivity contribution in [1.29, 1.82) is 0 Å². The fourth-order valence-corrected chi connectivity index (χ4v) is 3.86. The van der Waals surface area contributed by atoms with Gasteiger partial charge in [0.1, 0.15) is 0 Å². The second-order valence-corrected chi connectivity index (χ2v) is 7.83. The Morgan fingerprint density at radius 2 is 1.54 bits per heavy atom. The third kappa shape index (κ3) is 5.53. The molecule has 0 bridgehead atoms. The van der Waals surface area contributed by atoms with Gasteiger partial charge >= 0.3 is 12.4 Å². The van der Waals surface area contributed by atoms with Crippen LogP contribution in [0, 0.1) is 0 Å². The Hall–Kier alpha value is -3.27. The van der Waals surface area contributed by atoms with Gasteiger partial charge < -0.3 is 9.64 Å². The lowest BCUT2D eigenvalue weighted by Gasteiger charge is -2.29. The Morgan fingerprint density at radius 3 is 2.11 bits per heavy atom. The van der Waals surface area contributed by atoms with Crippen LogP contribution in [0.5, 0.6) is 5.88 Å². The Balaban J connectivity index is 0.00000342. The van der Waals surface area contributed by atoms with Crippen LogP contribution in [-0.4, -0.2) is 22.4 Å². The Labute approximate surface area is 202 Å². The lowest BCUT2D eigenvalue weighted by Crippen LogP contribution is -2.35. The minimum Gasteiger partial charge on any atom is -0.467 e. The molecule has 0 N–H and O–H groups in total. The molecule has 1 aromatic heterocycles. The molecular formula is C24H19ClF6N2O2. The first-order chi connectivity index (χ1) is 15.9. The molecule has 3 aromatic rings. The van der Waals surface area contributed by atoms with Gasteiger partial charge in [-0.05, 0) is 47.9 Å². The molecule has 2 heterocycles. The average molecular weight is 517 g/mol. The van der Waals surface area contributed by atoms with Gasteiger partial charge in [0, 0.05) is 11.8 Å². The van der Waals surface area contributed by atoms with Crippen molar-refractivity contribution >= 4 is 18.3 Å². The van der Waals surface area contributed by atoms with Crippen LogP contribution in [0.4, 0.5) is 26.3 Å². The molecular weight excluding hydrogens is 498 g/mol. The quantitative estimate of drug-likeness (QED) is 0.364. The monoisotopic (exact) mass is 516 g/mol. The molecule has 4 rings (SSSR count). The van der Waals surface area contributed by atoms with Crippen molar-refractivity contribution in [3.8, 4) is 17.0 Å². The third-order valence-electron chi connectivity index (χ3n) is 5.64. The van der Waals surface area contributed by atoms with Gasteiger partial charge in [-0.2, -0.15) is 26.3 Å². The zero-order chi connectivity index (χ0) is 24.7. The minimum absolute atomic E-state index is 0. The zero-order valence-electron chi connectivity index (χ0n) is 18.2. The van der Waals surface area contributed by atoms with E-state index in [1.54, 1.807) is 6.07 Å². The van der Waals surface area contributed by atoms with E-state index in [-0.39, 0.29) is 36.5 Å². The van der Waals surface area contributed by atoms with Gasteiger partial charge in [-0.3, -0.25) is 4.79 Å². The van der Waals surface area contributed by atoms with E-state index in [1.807, 2.05) is 30.3 Å². The third-order valence-corrected chi connectivity index (χ3v) is 5.64. The highest BCUT2D eigenvalue weighted by Gasteiger charge is 2.38. The number of amides is 1. The Morgan fingerprint density at radius 1 is 0.943 bits per heavy atom. The van der Waals surface area contributed by atoms with Gasteiger partial charge in [-0.25, -0.2) is 4.98 Å². The second-order valence-electron chi connectivity index (χ2n) is 7.83. The summed E-state index contributed by atoms with van der Waals surface area (Å²) in [4.78, 5) is 18.2. The number of carbonyl (C=O) groups is 1. The highest BCUT2D eigenvalue weighted by molar-refractivity contribution is 5.85. The number of alkyl halides is 6. The predicted molar refractivity (Wildman–Crippen MR) is 118 cm³/mol. The number of hydrogen-bond donors (Lipinski definition) is 0. The van der Waals surface area contributed by atoms with Crippen molar-refractivity contribution in [2.45, 2.75) is 31.9 Å². The molecule has 0 saturated carbocycles. The number of nitrogens with zero attached hydrogens (tertiary/aromatic N) is 2. The molecule has 0 saturated heterocycles. The molecule has 0 spiro atoms. The van der Waals surface area contributed by atoms with E-state index in [4.69, 9.17) is 4.74 Å². The van der Waals surface area contributed by atoms with E-state index in [0.717, 1.165) is 5.56 Å². The summed E-state index contributed by atoms with van der Waals surface area (Å²) in [6.45, 7) is 0.829. The van der Waals surface area contributed by atoms with Gasteiger partial charge in [-0.1, -0.05) is 30.3 Å². The van der Waals surface area contributed by atoms with Crippen molar-refractivity contribution in [1.82, 2.24) is 9.88 Å². The van der Waals surface area contributed by atoms with E-state index >= 15 is 0 Å². The first-order valence-electron chi connectivity index (χ1n) is 10.2. The topological polar surface area (TPSA) is 42.4 Å². The molecule has 1 atom stereocenters. The molecule has 11 heteroatoms. The largest absolute Gasteiger partial charge is 0.467 e. The molecule has 35 heavy (non-hydrogen) atoms. The number of pyridine rings is 1. The van der Waals surface area contributed by atoms with Crippen molar-refractivity contribution in [2.24, 2.45) is 0 Å². The molecule has 1 unspecified atom stereocenters. The van der Waals surface area contributed by atoms with Gasteiger partial charge in [0.25, 0.3) is 5.91 Å². The summed E-state index contributed by atoms with van der Waals surface area (Å²) in [6, 6.07) is 11.1. The SMILES string of the molecule is CC(c1cc(C(F)(F)F)cc(C(F)(F)F)c1)N1Cc2c(-c3ccccc3)ccnc2OCC1=O.Cl. The number of aromatic nitrogens is 1. The lowest BCUT2D eigenvalue weighted by molar-refractivity contribution is -0.143. The maximum atomic E-state index is 13.3. The summed E-state index contributed by atoms with van der Waals surface area (Å²) in [6.07, 6.45) is -8.47. The number of fused-ring (bicyclic) bond motifs is 1. The highest BCUT2D eigenvalue weighted by atomic mass is 35.5. The summed E-state index contributed by atoms with van der Waals surface area (Å²) >= 11 is 0. The van der Waals surface area contributed by atoms with Crippen LogP contribution in [0.3, 0.4) is 0 Å². The first-order valence-corrected chi connectivity index (χ1v) is 10.2.